The fraction of sp³-hybridized carbons (Fsp3) is 0. The van der Waals surface area contributed by atoms with Crippen molar-refractivity contribution in [3.8, 4) is 0 Å². The zero-order valence-electron chi connectivity index (χ0n) is 12.7. The molecule has 24 heavy (non-hydrogen) atoms. The first kappa shape index (κ1) is 16.1. The summed E-state index contributed by atoms with van der Waals surface area (Å²) in [6, 6.07) is 20.6. The van der Waals surface area contributed by atoms with E-state index in [0.717, 1.165) is 15.6 Å². The van der Waals surface area contributed by atoms with E-state index in [9.17, 15) is 4.79 Å². The van der Waals surface area contributed by atoms with E-state index < -0.39 is 0 Å². The van der Waals surface area contributed by atoms with Crippen LogP contribution in [0.3, 0.4) is 0 Å². The van der Waals surface area contributed by atoms with Gasteiger partial charge in [-0.05, 0) is 30.3 Å². The number of benzene rings is 2. The van der Waals surface area contributed by atoms with Crippen molar-refractivity contribution in [2.24, 2.45) is 5.10 Å². The minimum Gasteiger partial charge on any atom is -0.267 e. The predicted octanol–water partition coefficient (Wildman–Crippen LogP) is 4.03. The fourth-order valence-electron chi connectivity index (χ4n) is 2.20. The first-order chi connectivity index (χ1) is 11.7. The first-order valence-corrected chi connectivity index (χ1v) is 8.13. The highest BCUT2D eigenvalue weighted by molar-refractivity contribution is 9.10. The van der Waals surface area contributed by atoms with Crippen LogP contribution < -0.4 is 5.43 Å². The molecular formula is C19H14BrN3O. The van der Waals surface area contributed by atoms with Gasteiger partial charge in [0.05, 0.1) is 5.71 Å². The standard InChI is InChI=1S/C19H14BrN3O/c20-17-8-4-7-16(13-17)19(24)23-22-18(14-5-2-1-3-6-14)15-9-11-21-12-10-15/h1-13H,(H,23,24)/b22-18+. The Kier molecular flexibility index (Phi) is 5.13. The maximum atomic E-state index is 12.3. The molecule has 0 saturated carbocycles. The van der Waals surface area contributed by atoms with E-state index in [2.05, 4.69) is 31.4 Å². The number of carbonyl (C=O) groups excluding carboxylic acids is 1. The van der Waals surface area contributed by atoms with Crippen LogP contribution in [0.4, 0.5) is 0 Å². The largest absolute Gasteiger partial charge is 0.271 e. The second-order valence-electron chi connectivity index (χ2n) is 5.01. The molecule has 3 rings (SSSR count). The molecule has 118 valence electrons. The topological polar surface area (TPSA) is 54.4 Å². The molecule has 0 unspecified atom stereocenters. The van der Waals surface area contributed by atoms with E-state index >= 15 is 0 Å². The molecule has 1 amide bonds. The second kappa shape index (κ2) is 7.66. The van der Waals surface area contributed by atoms with E-state index in [0.29, 0.717) is 11.3 Å². The Morgan fingerprint density at radius 3 is 2.25 bits per heavy atom. The number of pyridine rings is 1. The van der Waals surface area contributed by atoms with E-state index in [-0.39, 0.29) is 5.91 Å². The molecule has 1 aromatic heterocycles. The van der Waals surface area contributed by atoms with Crippen LogP contribution in [0.2, 0.25) is 0 Å². The molecule has 0 atom stereocenters. The Morgan fingerprint density at radius 2 is 1.54 bits per heavy atom. The molecule has 1 N–H and O–H groups in total. The average molecular weight is 380 g/mol. The number of nitrogens with zero attached hydrogens (tertiary/aromatic N) is 2. The van der Waals surface area contributed by atoms with Crippen LogP contribution in [0.25, 0.3) is 0 Å². The summed E-state index contributed by atoms with van der Waals surface area (Å²) in [4.78, 5) is 16.3. The summed E-state index contributed by atoms with van der Waals surface area (Å²) >= 11 is 3.36. The lowest BCUT2D eigenvalue weighted by Crippen LogP contribution is -2.20. The van der Waals surface area contributed by atoms with Gasteiger partial charge in [-0.3, -0.25) is 9.78 Å². The minimum atomic E-state index is -0.265. The van der Waals surface area contributed by atoms with Gasteiger partial charge in [0.15, 0.2) is 0 Å². The van der Waals surface area contributed by atoms with Crippen molar-refractivity contribution < 1.29 is 4.79 Å². The lowest BCUT2D eigenvalue weighted by Gasteiger charge is -2.08. The van der Waals surface area contributed by atoms with Crippen LogP contribution >= 0.6 is 15.9 Å². The molecular weight excluding hydrogens is 366 g/mol. The van der Waals surface area contributed by atoms with Gasteiger partial charge in [-0.25, -0.2) is 5.43 Å². The highest BCUT2D eigenvalue weighted by Crippen LogP contribution is 2.12. The number of nitrogens with one attached hydrogen (secondary N) is 1. The number of hydrazone groups is 1. The molecule has 2 aromatic carbocycles. The molecule has 0 bridgehead atoms. The van der Waals surface area contributed by atoms with Crippen molar-refractivity contribution in [1.29, 1.82) is 0 Å². The summed E-state index contributed by atoms with van der Waals surface area (Å²) in [5.74, 6) is -0.265. The van der Waals surface area contributed by atoms with E-state index in [1.165, 1.54) is 0 Å². The average Bonchev–Trinajstić information content (AvgIpc) is 2.63. The molecule has 0 spiro atoms. The molecule has 0 aliphatic rings. The summed E-state index contributed by atoms with van der Waals surface area (Å²) in [7, 11) is 0. The summed E-state index contributed by atoms with van der Waals surface area (Å²) in [6.45, 7) is 0. The van der Waals surface area contributed by atoms with Gasteiger partial charge in [0.25, 0.3) is 5.91 Å². The number of rotatable bonds is 4. The number of carbonyl (C=O) groups is 1. The Bertz CT molecular complexity index is 823. The third-order valence-electron chi connectivity index (χ3n) is 3.36. The first-order valence-electron chi connectivity index (χ1n) is 7.33. The number of halogens is 1. The van der Waals surface area contributed by atoms with Gasteiger partial charge in [-0.2, -0.15) is 5.10 Å². The maximum absolute atomic E-state index is 12.3. The summed E-state index contributed by atoms with van der Waals surface area (Å²) in [5.41, 5.74) is 5.65. The molecule has 0 fully saturated rings. The van der Waals surface area contributed by atoms with Gasteiger partial charge in [-0.15, -0.1) is 0 Å². The van der Waals surface area contributed by atoms with Crippen molar-refractivity contribution in [2.45, 2.75) is 0 Å². The molecule has 3 aromatic rings. The molecule has 0 radical (unpaired) electrons. The van der Waals surface area contributed by atoms with Gasteiger partial charge in [-0.1, -0.05) is 52.3 Å². The van der Waals surface area contributed by atoms with Crippen molar-refractivity contribution in [2.75, 3.05) is 0 Å². The zero-order valence-corrected chi connectivity index (χ0v) is 14.3. The van der Waals surface area contributed by atoms with Gasteiger partial charge in [0, 0.05) is 33.6 Å². The molecule has 1 heterocycles. The van der Waals surface area contributed by atoms with Crippen LogP contribution in [0.1, 0.15) is 21.5 Å². The quantitative estimate of drug-likeness (QED) is 0.549. The fourth-order valence-corrected chi connectivity index (χ4v) is 2.60. The zero-order chi connectivity index (χ0) is 16.8. The monoisotopic (exact) mass is 379 g/mol. The molecule has 0 aliphatic heterocycles. The summed E-state index contributed by atoms with van der Waals surface area (Å²) in [5, 5.41) is 4.34. The lowest BCUT2D eigenvalue weighted by molar-refractivity contribution is 0.0955. The van der Waals surface area contributed by atoms with Crippen LogP contribution in [0.15, 0.2) is 88.7 Å². The smallest absolute Gasteiger partial charge is 0.267 e. The molecule has 0 aliphatic carbocycles. The van der Waals surface area contributed by atoms with Crippen molar-refractivity contribution in [3.05, 3.63) is 100 Å². The molecule has 5 heteroatoms. The van der Waals surface area contributed by atoms with E-state index in [1.54, 1.807) is 24.5 Å². The highest BCUT2D eigenvalue weighted by atomic mass is 79.9. The highest BCUT2D eigenvalue weighted by Gasteiger charge is 2.09. The predicted molar refractivity (Wildman–Crippen MR) is 97.9 cm³/mol. The van der Waals surface area contributed by atoms with Crippen molar-refractivity contribution in [3.63, 3.8) is 0 Å². The Hall–Kier alpha value is -2.79. The Morgan fingerprint density at radius 1 is 0.875 bits per heavy atom. The normalized spacial score (nSPS) is 11.1. The van der Waals surface area contributed by atoms with Crippen LogP contribution in [0, 0.1) is 0 Å². The van der Waals surface area contributed by atoms with Crippen molar-refractivity contribution in [1.82, 2.24) is 10.4 Å². The van der Waals surface area contributed by atoms with Gasteiger partial charge in [0.1, 0.15) is 0 Å². The summed E-state index contributed by atoms with van der Waals surface area (Å²) < 4.78 is 0.844. The van der Waals surface area contributed by atoms with E-state index in [4.69, 9.17) is 0 Å². The van der Waals surface area contributed by atoms with Crippen LogP contribution in [-0.2, 0) is 0 Å². The third-order valence-corrected chi connectivity index (χ3v) is 3.85. The van der Waals surface area contributed by atoms with Gasteiger partial charge < -0.3 is 0 Å². The SMILES string of the molecule is O=C(N/N=C(\c1ccccc1)c1ccncc1)c1cccc(Br)c1. The molecule has 0 saturated heterocycles. The minimum absolute atomic E-state index is 0.265. The summed E-state index contributed by atoms with van der Waals surface area (Å²) in [6.07, 6.45) is 3.40. The lowest BCUT2D eigenvalue weighted by atomic mass is 10.0. The van der Waals surface area contributed by atoms with Crippen molar-refractivity contribution >= 4 is 27.5 Å². The van der Waals surface area contributed by atoms with E-state index in [1.807, 2.05) is 54.6 Å². The van der Waals surface area contributed by atoms with Gasteiger partial charge in [0.2, 0.25) is 0 Å². The Labute approximate surface area is 148 Å². The maximum Gasteiger partial charge on any atom is 0.271 e. The number of hydrogen-bond acceptors (Lipinski definition) is 3. The van der Waals surface area contributed by atoms with Crippen LogP contribution in [0.5, 0.6) is 0 Å². The van der Waals surface area contributed by atoms with Crippen LogP contribution in [-0.4, -0.2) is 16.6 Å². The molecule has 4 nitrogen and oxygen atoms in total. The number of hydrogen-bond donors (Lipinski definition) is 1. The number of aromatic nitrogens is 1. The second-order valence-corrected chi connectivity index (χ2v) is 5.93. The third kappa shape index (κ3) is 3.94. The number of amides is 1. The Balaban J connectivity index is 1.91. The van der Waals surface area contributed by atoms with Gasteiger partial charge >= 0.3 is 0 Å².